The van der Waals surface area contributed by atoms with E-state index in [2.05, 4.69) is 9.83 Å². The summed E-state index contributed by atoms with van der Waals surface area (Å²) >= 11 is 1.56. The van der Waals surface area contributed by atoms with Crippen molar-refractivity contribution in [2.24, 2.45) is 0 Å². The fraction of sp³-hybridized carbons (Fsp3) is 0.231. The van der Waals surface area contributed by atoms with Crippen LogP contribution < -0.4 is 0 Å². The molecule has 1 aromatic heterocycles. The number of thiazole rings is 1. The van der Waals surface area contributed by atoms with Crippen LogP contribution in [0.4, 0.5) is 5.82 Å². The standard InChI is InChI=1S/C13H12N2OS/c1-3-11-15-13(14-2)12(17-11)10-6-4-9(8-16)5-7-10/h4-7,16H,3,8H2,1H3. The summed E-state index contributed by atoms with van der Waals surface area (Å²) in [4.78, 5) is 8.66. The maximum absolute atomic E-state index is 8.98. The Bertz CT molecular complexity index is 552. The van der Waals surface area contributed by atoms with Crippen LogP contribution in [0.3, 0.4) is 0 Å². The van der Waals surface area contributed by atoms with E-state index in [0.29, 0.717) is 5.82 Å². The molecule has 4 heteroatoms. The van der Waals surface area contributed by atoms with E-state index in [0.717, 1.165) is 27.4 Å². The average molecular weight is 244 g/mol. The molecule has 0 spiro atoms. The summed E-state index contributed by atoms with van der Waals surface area (Å²) in [5.41, 5.74) is 1.86. The minimum absolute atomic E-state index is 0.0405. The van der Waals surface area contributed by atoms with Crippen LogP contribution in [0.2, 0.25) is 0 Å². The molecule has 0 unspecified atom stereocenters. The van der Waals surface area contributed by atoms with Crippen LogP contribution in [0.15, 0.2) is 24.3 Å². The van der Waals surface area contributed by atoms with Gasteiger partial charge in [-0.25, -0.2) is 0 Å². The van der Waals surface area contributed by atoms with Gasteiger partial charge in [-0.15, -0.1) is 16.3 Å². The van der Waals surface area contributed by atoms with E-state index < -0.39 is 0 Å². The van der Waals surface area contributed by atoms with Crippen LogP contribution in [0.1, 0.15) is 17.5 Å². The van der Waals surface area contributed by atoms with E-state index in [-0.39, 0.29) is 6.61 Å². The third kappa shape index (κ3) is 2.36. The molecule has 2 aromatic rings. The Morgan fingerprint density at radius 2 is 2.06 bits per heavy atom. The van der Waals surface area contributed by atoms with Gasteiger partial charge in [0.05, 0.1) is 11.5 Å². The topological polar surface area (TPSA) is 37.5 Å². The molecule has 0 aliphatic carbocycles. The van der Waals surface area contributed by atoms with Crippen LogP contribution in [0.25, 0.3) is 15.3 Å². The fourth-order valence-electron chi connectivity index (χ4n) is 1.53. The second-order valence-corrected chi connectivity index (χ2v) is 4.66. The van der Waals surface area contributed by atoms with Gasteiger partial charge in [-0.1, -0.05) is 37.8 Å². The summed E-state index contributed by atoms with van der Waals surface area (Å²) in [5.74, 6) is 0.476. The zero-order valence-corrected chi connectivity index (χ0v) is 10.3. The highest BCUT2D eigenvalue weighted by molar-refractivity contribution is 7.15. The number of aromatic nitrogens is 1. The van der Waals surface area contributed by atoms with Crippen molar-refractivity contribution in [3.8, 4) is 10.4 Å². The highest BCUT2D eigenvalue weighted by Gasteiger charge is 2.13. The highest BCUT2D eigenvalue weighted by atomic mass is 32.1. The monoisotopic (exact) mass is 244 g/mol. The first-order valence-electron chi connectivity index (χ1n) is 5.35. The van der Waals surface area contributed by atoms with E-state index in [1.165, 1.54) is 0 Å². The SMILES string of the molecule is [C-]#[N+]c1nc(CC)sc1-c1ccc(CO)cc1. The first-order valence-corrected chi connectivity index (χ1v) is 6.17. The number of aliphatic hydroxyl groups excluding tert-OH is 1. The molecular weight excluding hydrogens is 232 g/mol. The van der Waals surface area contributed by atoms with Crippen molar-refractivity contribution >= 4 is 17.2 Å². The van der Waals surface area contributed by atoms with Crippen molar-refractivity contribution in [2.45, 2.75) is 20.0 Å². The Kier molecular flexibility index (Phi) is 3.52. The van der Waals surface area contributed by atoms with Gasteiger partial charge in [-0.2, -0.15) is 0 Å². The van der Waals surface area contributed by atoms with Crippen molar-refractivity contribution in [1.82, 2.24) is 4.98 Å². The lowest BCUT2D eigenvalue weighted by molar-refractivity contribution is 0.282. The van der Waals surface area contributed by atoms with Crippen LogP contribution in [0, 0.1) is 6.57 Å². The molecule has 0 amide bonds. The first kappa shape index (κ1) is 11.8. The zero-order valence-electron chi connectivity index (χ0n) is 9.47. The molecule has 1 N–H and O–H groups in total. The molecule has 2 rings (SSSR count). The van der Waals surface area contributed by atoms with Gasteiger partial charge in [0.25, 0.3) is 5.82 Å². The molecule has 0 aliphatic heterocycles. The Morgan fingerprint density at radius 3 is 2.59 bits per heavy atom. The number of benzene rings is 1. The summed E-state index contributed by atoms with van der Waals surface area (Å²) in [6, 6.07) is 7.59. The number of hydrogen-bond donors (Lipinski definition) is 1. The summed E-state index contributed by atoms with van der Waals surface area (Å²) < 4.78 is 0. The van der Waals surface area contributed by atoms with Crippen molar-refractivity contribution < 1.29 is 5.11 Å². The Hall–Kier alpha value is -1.70. The smallest absolute Gasteiger partial charge is 0.288 e. The molecule has 1 heterocycles. The van der Waals surface area contributed by atoms with Crippen LogP contribution >= 0.6 is 11.3 Å². The second kappa shape index (κ2) is 5.09. The molecule has 1 aromatic carbocycles. The maximum Gasteiger partial charge on any atom is 0.288 e. The molecule has 0 fully saturated rings. The van der Waals surface area contributed by atoms with Crippen LogP contribution in [0.5, 0.6) is 0 Å². The van der Waals surface area contributed by atoms with E-state index in [1.54, 1.807) is 11.3 Å². The molecule has 0 bridgehead atoms. The van der Waals surface area contributed by atoms with Gasteiger partial charge in [0.15, 0.2) is 5.01 Å². The number of aliphatic hydroxyl groups is 1. The predicted octanol–water partition coefficient (Wildman–Crippen LogP) is 3.42. The molecule has 86 valence electrons. The summed E-state index contributed by atoms with van der Waals surface area (Å²) in [6.07, 6.45) is 0.849. The van der Waals surface area contributed by atoms with Crippen molar-refractivity contribution in [1.29, 1.82) is 0 Å². The highest BCUT2D eigenvalue weighted by Crippen LogP contribution is 2.36. The average Bonchev–Trinajstić information content (AvgIpc) is 2.82. The molecule has 0 saturated carbocycles. The lowest BCUT2D eigenvalue weighted by Crippen LogP contribution is -1.81. The van der Waals surface area contributed by atoms with Gasteiger partial charge in [-0.05, 0) is 11.1 Å². The predicted molar refractivity (Wildman–Crippen MR) is 69.1 cm³/mol. The molecule has 17 heavy (non-hydrogen) atoms. The fourth-order valence-corrected chi connectivity index (χ4v) is 2.48. The molecule has 0 radical (unpaired) electrons. The number of hydrogen-bond acceptors (Lipinski definition) is 3. The minimum atomic E-state index is 0.0405. The third-order valence-electron chi connectivity index (χ3n) is 2.46. The molecule has 0 saturated heterocycles. The number of aryl methyl sites for hydroxylation is 1. The van der Waals surface area contributed by atoms with Gasteiger partial charge in [0, 0.05) is 6.42 Å². The minimum Gasteiger partial charge on any atom is -0.392 e. The number of nitrogens with zero attached hydrogens (tertiary/aromatic N) is 2. The zero-order chi connectivity index (χ0) is 12.3. The normalized spacial score (nSPS) is 10.2. The van der Waals surface area contributed by atoms with Crippen molar-refractivity contribution in [2.75, 3.05) is 0 Å². The molecular formula is C13H12N2OS. The Morgan fingerprint density at radius 1 is 1.35 bits per heavy atom. The van der Waals surface area contributed by atoms with Crippen LogP contribution in [-0.2, 0) is 13.0 Å². The second-order valence-electron chi connectivity index (χ2n) is 3.58. The molecule has 0 atom stereocenters. The largest absolute Gasteiger partial charge is 0.392 e. The van der Waals surface area contributed by atoms with Gasteiger partial charge < -0.3 is 9.95 Å². The first-order chi connectivity index (χ1) is 8.28. The van der Waals surface area contributed by atoms with E-state index in [1.807, 2.05) is 31.2 Å². The van der Waals surface area contributed by atoms with E-state index >= 15 is 0 Å². The lowest BCUT2D eigenvalue weighted by atomic mass is 10.1. The Balaban J connectivity index is 2.44. The van der Waals surface area contributed by atoms with Crippen LogP contribution in [-0.4, -0.2) is 10.1 Å². The van der Waals surface area contributed by atoms with E-state index in [9.17, 15) is 0 Å². The lowest BCUT2D eigenvalue weighted by Gasteiger charge is -1.99. The van der Waals surface area contributed by atoms with Gasteiger partial charge in [0.1, 0.15) is 0 Å². The van der Waals surface area contributed by atoms with Gasteiger partial charge in [0.2, 0.25) is 0 Å². The molecule has 3 nitrogen and oxygen atoms in total. The van der Waals surface area contributed by atoms with Crippen molar-refractivity contribution in [3.63, 3.8) is 0 Å². The maximum atomic E-state index is 8.98. The van der Waals surface area contributed by atoms with Crippen molar-refractivity contribution in [3.05, 3.63) is 46.3 Å². The molecule has 0 aliphatic rings. The summed E-state index contributed by atoms with van der Waals surface area (Å²) in [6.45, 7) is 9.20. The van der Waals surface area contributed by atoms with E-state index in [4.69, 9.17) is 11.7 Å². The quantitative estimate of drug-likeness (QED) is 0.840. The Labute approximate surface area is 104 Å². The third-order valence-corrected chi connectivity index (χ3v) is 3.70. The number of rotatable bonds is 3. The summed E-state index contributed by atoms with van der Waals surface area (Å²) in [5, 5.41) is 9.97. The summed E-state index contributed by atoms with van der Waals surface area (Å²) in [7, 11) is 0. The van der Waals surface area contributed by atoms with Gasteiger partial charge >= 0.3 is 0 Å². The van der Waals surface area contributed by atoms with Gasteiger partial charge in [-0.3, -0.25) is 0 Å².